The Kier molecular flexibility index (Phi) is 2.11. The summed E-state index contributed by atoms with van der Waals surface area (Å²) in [7, 11) is -0.698. The van der Waals surface area contributed by atoms with Crippen molar-refractivity contribution in [1.29, 1.82) is 0 Å². The minimum absolute atomic E-state index is 0.0981. The highest BCUT2D eigenvalue weighted by molar-refractivity contribution is 6.61. The largest absolute Gasteiger partial charge is 0.491 e. The van der Waals surface area contributed by atoms with Crippen molar-refractivity contribution < 1.29 is 9.68 Å². The molecule has 0 spiro atoms. The lowest BCUT2D eigenvalue weighted by Crippen LogP contribution is -2.28. The highest BCUT2D eigenvalue weighted by Crippen LogP contribution is 2.31. The van der Waals surface area contributed by atoms with Crippen LogP contribution in [0.15, 0.2) is 12.1 Å². The summed E-state index contributed by atoms with van der Waals surface area (Å²) in [5, 5.41) is 9.79. The Morgan fingerprint density at radius 3 is 2.87 bits per heavy atom. The zero-order valence-electron chi connectivity index (χ0n) is 8.99. The van der Waals surface area contributed by atoms with Crippen molar-refractivity contribution in [2.24, 2.45) is 0 Å². The third-order valence-corrected chi connectivity index (χ3v) is 3.57. The lowest BCUT2D eigenvalue weighted by atomic mass is 9.77. The predicted molar refractivity (Wildman–Crippen MR) is 60.2 cm³/mol. The molecule has 1 aromatic rings. The van der Waals surface area contributed by atoms with Crippen LogP contribution in [0.3, 0.4) is 0 Å². The standard InChI is InChI=1S/C12H15BO2/c1-2-12-10-6-8-4-3-5-9(8)7-11(10)13(14)15-12/h6-7,12,14H,2-5H2,1H3/t12-/m1/s1. The van der Waals surface area contributed by atoms with Gasteiger partial charge in [-0.1, -0.05) is 19.1 Å². The van der Waals surface area contributed by atoms with E-state index in [9.17, 15) is 5.02 Å². The fourth-order valence-corrected chi connectivity index (χ4v) is 2.77. The number of benzene rings is 1. The van der Waals surface area contributed by atoms with E-state index in [0.29, 0.717) is 0 Å². The van der Waals surface area contributed by atoms with Crippen molar-refractivity contribution in [3.05, 3.63) is 28.8 Å². The number of hydrogen-bond donors (Lipinski definition) is 1. The summed E-state index contributed by atoms with van der Waals surface area (Å²) < 4.78 is 5.52. The Balaban J connectivity index is 2.11. The molecule has 1 N–H and O–H groups in total. The van der Waals surface area contributed by atoms with Crippen molar-refractivity contribution >= 4 is 12.6 Å². The first-order valence-electron chi connectivity index (χ1n) is 5.78. The predicted octanol–water partition coefficient (Wildman–Crippen LogP) is 1.34. The monoisotopic (exact) mass is 202 g/mol. The molecule has 1 atom stereocenters. The minimum Gasteiger partial charge on any atom is -0.423 e. The van der Waals surface area contributed by atoms with Gasteiger partial charge in [0.15, 0.2) is 0 Å². The maximum absolute atomic E-state index is 9.79. The van der Waals surface area contributed by atoms with Crippen molar-refractivity contribution in [3.8, 4) is 0 Å². The van der Waals surface area contributed by atoms with Gasteiger partial charge < -0.3 is 9.68 Å². The Hall–Kier alpha value is -0.795. The van der Waals surface area contributed by atoms with Crippen molar-refractivity contribution in [1.82, 2.24) is 0 Å². The van der Waals surface area contributed by atoms with Crippen molar-refractivity contribution in [3.63, 3.8) is 0 Å². The topological polar surface area (TPSA) is 29.5 Å². The summed E-state index contributed by atoms with van der Waals surface area (Å²) in [6.45, 7) is 2.10. The molecule has 0 bridgehead atoms. The number of fused-ring (bicyclic) bond motifs is 2. The summed E-state index contributed by atoms with van der Waals surface area (Å²) in [4.78, 5) is 0. The average molecular weight is 202 g/mol. The number of hydrogen-bond acceptors (Lipinski definition) is 2. The van der Waals surface area contributed by atoms with E-state index in [4.69, 9.17) is 4.65 Å². The SMILES string of the molecule is CC[C@H]1OB(O)c2cc3c(cc21)CCC3. The molecule has 2 nitrogen and oxygen atoms in total. The van der Waals surface area contributed by atoms with Gasteiger partial charge in [-0.25, -0.2) is 0 Å². The molecule has 1 heterocycles. The van der Waals surface area contributed by atoms with Gasteiger partial charge in [-0.2, -0.15) is 0 Å². The zero-order chi connectivity index (χ0) is 10.4. The lowest BCUT2D eigenvalue weighted by Gasteiger charge is -2.09. The van der Waals surface area contributed by atoms with E-state index in [0.717, 1.165) is 18.3 Å². The van der Waals surface area contributed by atoms with Gasteiger partial charge in [0.25, 0.3) is 0 Å². The molecule has 0 aromatic heterocycles. The van der Waals surface area contributed by atoms with Crippen LogP contribution in [0.5, 0.6) is 0 Å². The third kappa shape index (κ3) is 1.34. The first-order chi connectivity index (χ1) is 7.29. The summed E-state index contributed by atoms with van der Waals surface area (Å²) in [5.74, 6) is 0. The van der Waals surface area contributed by atoms with Crippen LogP contribution >= 0.6 is 0 Å². The normalized spacial score (nSPS) is 23.1. The molecule has 1 aliphatic carbocycles. The van der Waals surface area contributed by atoms with Gasteiger partial charge in [0.1, 0.15) is 0 Å². The summed E-state index contributed by atoms with van der Waals surface area (Å²) in [5.41, 5.74) is 5.09. The molecule has 0 unspecified atom stereocenters. The lowest BCUT2D eigenvalue weighted by molar-refractivity contribution is 0.186. The van der Waals surface area contributed by atoms with Gasteiger partial charge >= 0.3 is 7.12 Å². The fourth-order valence-electron chi connectivity index (χ4n) is 2.77. The van der Waals surface area contributed by atoms with Gasteiger partial charge in [-0.15, -0.1) is 0 Å². The van der Waals surface area contributed by atoms with Crippen LogP contribution in [0, 0.1) is 0 Å². The summed E-state index contributed by atoms with van der Waals surface area (Å²) >= 11 is 0. The van der Waals surface area contributed by atoms with Crippen LogP contribution in [0.2, 0.25) is 0 Å². The Morgan fingerprint density at radius 1 is 1.40 bits per heavy atom. The second kappa shape index (κ2) is 3.36. The Bertz CT molecular complexity index is 403. The maximum atomic E-state index is 9.79. The van der Waals surface area contributed by atoms with Crippen LogP contribution < -0.4 is 5.46 Å². The smallest absolute Gasteiger partial charge is 0.423 e. The summed E-state index contributed by atoms with van der Waals surface area (Å²) in [6.07, 6.45) is 4.64. The molecule has 1 aliphatic heterocycles. The van der Waals surface area contributed by atoms with Crippen LogP contribution in [-0.2, 0) is 17.5 Å². The van der Waals surface area contributed by atoms with E-state index in [2.05, 4.69) is 19.1 Å². The molecule has 78 valence electrons. The molecule has 3 rings (SSSR count). The molecular weight excluding hydrogens is 187 g/mol. The highest BCUT2D eigenvalue weighted by atomic mass is 16.5. The first-order valence-corrected chi connectivity index (χ1v) is 5.78. The molecule has 15 heavy (non-hydrogen) atoms. The van der Waals surface area contributed by atoms with Gasteiger partial charge in [0.2, 0.25) is 0 Å². The van der Waals surface area contributed by atoms with E-state index in [-0.39, 0.29) is 6.10 Å². The van der Waals surface area contributed by atoms with Crippen LogP contribution in [0.25, 0.3) is 0 Å². The van der Waals surface area contributed by atoms with Gasteiger partial charge in [0, 0.05) is 0 Å². The van der Waals surface area contributed by atoms with Gasteiger partial charge in [-0.05, 0) is 47.8 Å². The first kappa shape index (κ1) is 9.43. The number of rotatable bonds is 1. The zero-order valence-corrected chi connectivity index (χ0v) is 8.99. The molecule has 0 saturated heterocycles. The Morgan fingerprint density at radius 2 is 2.13 bits per heavy atom. The van der Waals surface area contributed by atoms with E-state index >= 15 is 0 Å². The van der Waals surface area contributed by atoms with Gasteiger partial charge in [-0.3, -0.25) is 0 Å². The number of aryl methyl sites for hydroxylation is 2. The van der Waals surface area contributed by atoms with E-state index in [1.807, 2.05) is 0 Å². The van der Waals surface area contributed by atoms with Crippen LogP contribution in [0.4, 0.5) is 0 Å². The minimum atomic E-state index is -0.698. The second-order valence-corrected chi connectivity index (χ2v) is 4.49. The molecule has 1 aromatic carbocycles. The molecule has 0 amide bonds. The van der Waals surface area contributed by atoms with Crippen molar-refractivity contribution in [2.75, 3.05) is 0 Å². The molecule has 3 heteroatoms. The van der Waals surface area contributed by atoms with Crippen molar-refractivity contribution in [2.45, 2.75) is 38.7 Å². The molecule has 2 aliphatic rings. The Labute approximate surface area is 90.4 Å². The van der Waals surface area contributed by atoms with E-state index in [1.54, 1.807) is 0 Å². The average Bonchev–Trinajstić information content (AvgIpc) is 2.81. The van der Waals surface area contributed by atoms with Gasteiger partial charge in [0.05, 0.1) is 6.10 Å². The highest BCUT2D eigenvalue weighted by Gasteiger charge is 2.35. The maximum Gasteiger partial charge on any atom is 0.491 e. The third-order valence-electron chi connectivity index (χ3n) is 3.57. The summed E-state index contributed by atoms with van der Waals surface area (Å²) in [6, 6.07) is 4.40. The molecular formula is C12H15BO2. The molecule has 0 saturated carbocycles. The van der Waals surface area contributed by atoms with E-state index < -0.39 is 7.12 Å². The molecule has 0 radical (unpaired) electrons. The van der Waals surface area contributed by atoms with Crippen LogP contribution in [-0.4, -0.2) is 12.1 Å². The van der Waals surface area contributed by atoms with E-state index in [1.165, 1.54) is 29.5 Å². The van der Waals surface area contributed by atoms with Crippen LogP contribution in [0.1, 0.15) is 42.6 Å². The quantitative estimate of drug-likeness (QED) is 0.696. The molecule has 0 fully saturated rings. The second-order valence-electron chi connectivity index (χ2n) is 4.49. The fraction of sp³-hybridized carbons (Fsp3) is 0.500.